The van der Waals surface area contributed by atoms with Crippen molar-refractivity contribution in [1.29, 1.82) is 0 Å². The zero-order chi connectivity index (χ0) is 16.1. The average Bonchev–Trinajstić information content (AvgIpc) is 2.96. The van der Waals surface area contributed by atoms with E-state index < -0.39 is 0 Å². The fourth-order valence-corrected chi connectivity index (χ4v) is 3.04. The first-order valence-corrected chi connectivity index (χ1v) is 8.13. The molecule has 0 bridgehead atoms. The van der Waals surface area contributed by atoms with Crippen molar-refractivity contribution in [3.63, 3.8) is 0 Å². The Balaban J connectivity index is 1.72. The molecular formula is C16H17N5OS. The van der Waals surface area contributed by atoms with Crippen LogP contribution in [-0.4, -0.2) is 32.7 Å². The second-order valence-electron chi connectivity index (χ2n) is 4.83. The van der Waals surface area contributed by atoms with Crippen molar-refractivity contribution in [2.24, 2.45) is 0 Å². The van der Waals surface area contributed by atoms with Crippen LogP contribution in [0.5, 0.6) is 5.75 Å². The number of benzene rings is 1. The highest BCUT2D eigenvalue weighted by Crippen LogP contribution is 2.29. The third kappa shape index (κ3) is 3.45. The molecule has 2 N–H and O–H groups in total. The first-order chi connectivity index (χ1) is 11.3. The van der Waals surface area contributed by atoms with Gasteiger partial charge in [-0.1, -0.05) is 23.9 Å². The Bertz CT molecular complexity index is 775. The van der Waals surface area contributed by atoms with Gasteiger partial charge in [0, 0.05) is 18.1 Å². The number of ether oxygens (including phenoxy) is 1. The van der Waals surface area contributed by atoms with Gasteiger partial charge >= 0.3 is 0 Å². The van der Waals surface area contributed by atoms with Crippen molar-refractivity contribution < 1.29 is 4.74 Å². The Hall–Kier alpha value is -2.54. The predicted molar refractivity (Wildman–Crippen MR) is 90.8 cm³/mol. The van der Waals surface area contributed by atoms with Crippen LogP contribution < -0.4 is 10.6 Å². The summed E-state index contributed by atoms with van der Waals surface area (Å²) in [6.45, 7) is 0. The summed E-state index contributed by atoms with van der Waals surface area (Å²) in [5.74, 6) is 8.32. The van der Waals surface area contributed by atoms with Gasteiger partial charge in [-0.15, -0.1) is 10.2 Å². The maximum absolute atomic E-state index is 6.14. The van der Waals surface area contributed by atoms with Gasteiger partial charge in [-0.3, -0.25) is 4.98 Å². The predicted octanol–water partition coefficient (Wildman–Crippen LogP) is 2.40. The lowest BCUT2D eigenvalue weighted by molar-refractivity contribution is 0.416. The number of hydrogen-bond acceptors (Lipinski definition) is 6. The topological polar surface area (TPSA) is 78.9 Å². The Kier molecular flexibility index (Phi) is 4.77. The molecule has 1 aromatic carbocycles. The number of pyridine rings is 1. The Morgan fingerprint density at radius 2 is 1.91 bits per heavy atom. The molecule has 0 aliphatic rings. The molecule has 0 radical (unpaired) electrons. The molecule has 0 saturated carbocycles. The SMILES string of the molecule is COc1ccccc1-c1nnc(SCCc2ccncc2)n1N. The van der Waals surface area contributed by atoms with Crippen LogP contribution >= 0.6 is 11.8 Å². The van der Waals surface area contributed by atoms with E-state index in [1.807, 2.05) is 36.4 Å². The largest absolute Gasteiger partial charge is 0.496 e. The van der Waals surface area contributed by atoms with E-state index in [1.54, 1.807) is 31.3 Å². The molecule has 6 nitrogen and oxygen atoms in total. The summed E-state index contributed by atoms with van der Waals surface area (Å²) >= 11 is 1.57. The van der Waals surface area contributed by atoms with E-state index in [2.05, 4.69) is 15.2 Å². The third-order valence-corrected chi connectivity index (χ3v) is 4.33. The molecule has 3 rings (SSSR count). The van der Waals surface area contributed by atoms with Crippen molar-refractivity contribution in [3.8, 4) is 17.1 Å². The molecule has 0 spiro atoms. The second kappa shape index (κ2) is 7.15. The van der Waals surface area contributed by atoms with Crippen LogP contribution in [0.2, 0.25) is 0 Å². The van der Waals surface area contributed by atoms with Gasteiger partial charge in [-0.05, 0) is 36.2 Å². The molecule has 118 valence electrons. The first kappa shape index (κ1) is 15.4. The number of hydrogen-bond donors (Lipinski definition) is 1. The van der Waals surface area contributed by atoms with Crippen molar-refractivity contribution in [1.82, 2.24) is 19.9 Å². The van der Waals surface area contributed by atoms with Crippen LogP contribution in [0.15, 0.2) is 53.9 Å². The molecule has 2 aromatic heterocycles. The van der Waals surface area contributed by atoms with Gasteiger partial charge < -0.3 is 10.6 Å². The lowest BCUT2D eigenvalue weighted by atomic mass is 10.2. The molecule has 0 amide bonds. The van der Waals surface area contributed by atoms with Gasteiger partial charge in [0.25, 0.3) is 0 Å². The van der Waals surface area contributed by atoms with Gasteiger partial charge in [-0.2, -0.15) is 0 Å². The monoisotopic (exact) mass is 327 g/mol. The quantitative estimate of drug-likeness (QED) is 0.553. The highest BCUT2D eigenvalue weighted by Gasteiger charge is 2.15. The lowest BCUT2D eigenvalue weighted by Gasteiger charge is -2.07. The number of para-hydroxylation sites is 1. The molecule has 0 atom stereocenters. The standard InChI is InChI=1S/C16H17N5OS/c1-22-14-5-3-2-4-13(14)15-19-20-16(21(15)17)23-11-8-12-6-9-18-10-7-12/h2-7,9-10H,8,11,17H2,1H3. The van der Waals surface area contributed by atoms with Crippen LogP contribution in [0.3, 0.4) is 0 Å². The number of aryl methyl sites for hydroxylation is 1. The van der Waals surface area contributed by atoms with Crippen LogP contribution in [0.4, 0.5) is 0 Å². The molecule has 0 saturated heterocycles. The highest BCUT2D eigenvalue weighted by atomic mass is 32.2. The summed E-state index contributed by atoms with van der Waals surface area (Å²) in [4.78, 5) is 4.01. The summed E-state index contributed by atoms with van der Waals surface area (Å²) in [7, 11) is 1.63. The molecule has 0 unspecified atom stereocenters. The van der Waals surface area contributed by atoms with E-state index in [0.717, 1.165) is 23.5 Å². The zero-order valence-corrected chi connectivity index (χ0v) is 13.5. The average molecular weight is 327 g/mol. The van der Waals surface area contributed by atoms with E-state index in [0.29, 0.717) is 11.0 Å². The molecule has 23 heavy (non-hydrogen) atoms. The number of rotatable bonds is 6. The first-order valence-electron chi connectivity index (χ1n) is 7.15. The zero-order valence-electron chi connectivity index (χ0n) is 12.7. The van der Waals surface area contributed by atoms with Crippen molar-refractivity contribution in [2.75, 3.05) is 18.7 Å². The van der Waals surface area contributed by atoms with Crippen LogP contribution in [0, 0.1) is 0 Å². The number of methoxy groups -OCH3 is 1. The number of aromatic nitrogens is 4. The van der Waals surface area contributed by atoms with Crippen LogP contribution in [0.1, 0.15) is 5.56 Å². The van der Waals surface area contributed by atoms with E-state index in [4.69, 9.17) is 10.6 Å². The fourth-order valence-electron chi connectivity index (χ4n) is 2.20. The molecule has 0 aliphatic heterocycles. The summed E-state index contributed by atoms with van der Waals surface area (Å²) in [5.41, 5.74) is 2.06. The number of nitrogens with two attached hydrogens (primary N) is 1. The fraction of sp³-hybridized carbons (Fsp3) is 0.188. The van der Waals surface area contributed by atoms with E-state index in [-0.39, 0.29) is 0 Å². The number of nitrogen functional groups attached to an aromatic ring is 1. The van der Waals surface area contributed by atoms with Gasteiger partial charge in [0.1, 0.15) is 5.75 Å². The van der Waals surface area contributed by atoms with Gasteiger partial charge in [0.15, 0.2) is 5.82 Å². The maximum atomic E-state index is 6.14. The minimum absolute atomic E-state index is 0.592. The molecular weight excluding hydrogens is 310 g/mol. The Labute approximate surface area is 138 Å². The summed E-state index contributed by atoms with van der Waals surface area (Å²) < 4.78 is 6.86. The Morgan fingerprint density at radius 3 is 2.70 bits per heavy atom. The summed E-state index contributed by atoms with van der Waals surface area (Å²) in [5, 5.41) is 9.06. The van der Waals surface area contributed by atoms with Crippen molar-refractivity contribution in [3.05, 3.63) is 54.4 Å². The molecule has 2 heterocycles. The molecule has 0 fully saturated rings. The summed E-state index contributed by atoms with van der Waals surface area (Å²) in [6.07, 6.45) is 4.51. The van der Waals surface area contributed by atoms with Gasteiger partial charge in [0.05, 0.1) is 12.7 Å². The summed E-state index contributed by atoms with van der Waals surface area (Å²) in [6, 6.07) is 11.6. The second-order valence-corrected chi connectivity index (χ2v) is 5.89. The van der Waals surface area contributed by atoms with E-state index in [1.165, 1.54) is 10.2 Å². The molecule has 7 heteroatoms. The highest BCUT2D eigenvalue weighted by molar-refractivity contribution is 7.99. The lowest BCUT2D eigenvalue weighted by Crippen LogP contribution is -2.12. The van der Waals surface area contributed by atoms with E-state index in [9.17, 15) is 0 Å². The van der Waals surface area contributed by atoms with Gasteiger partial charge in [0.2, 0.25) is 5.16 Å². The third-order valence-electron chi connectivity index (χ3n) is 3.38. The van der Waals surface area contributed by atoms with Crippen molar-refractivity contribution >= 4 is 11.8 Å². The smallest absolute Gasteiger partial charge is 0.210 e. The number of thioether (sulfide) groups is 1. The Morgan fingerprint density at radius 1 is 1.13 bits per heavy atom. The molecule has 3 aromatic rings. The van der Waals surface area contributed by atoms with Crippen molar-refractivity contribution in [2.45, 2.75) is 11.6 Å². The maximum Gasteiger partial charge on any atom is 0.210 e. The van der Waals surface area contributed by atoms with E-state index >= 15 is 0 Å². The van der Waals surface area contributed by atoms with Crippen LogP contribution in [-0.2, 0) is 6.42 Å². The number of nitrogens with zero attached hydrogens (tertiary/aromatic N) is 4. The van der Waals surface area contributed by atoms with Crippen LogP contribution in [0.25, 0.3) is 11.4 Å². The van der Waals surface area contributed by atoms with Gasteiger partial charge in [-0.25, -0.2) is 4.68 Å². The minimum Gasteiger partial charge on any atom is -0.496 e. The normalized spacial score (nSPS) is 10.7. The minimum atomic E-state index is 0.592. The molecule has 0 aliphatic carbocycles.